The molecule has 5 aromatic carbocycles. The van der Waals surface area contributed by atoms with Crippen molar-refractivity contribution in [3.63, 3.8) is 0 Å². The number of thiol groups is 1. The quantitative estimate of drug-likeness (QED) is 0.0663. The Kier molecular flexibility index (Phi) is 12.3. The fraction of sp³-hybridized carbons (Fsp3) is 0.195. The van der Waals surface area contributed by atoms with Crippen molar-refractivity contribution >= 4 is 42.4 Å². The highest BCUT2D eigenvalue weighted by Gasteiger charge is 2.39. The second-order valence-electron chi connectivity index (χ2n) is 12.3. The number of nitrogens with one attached hydrogen (secondary N) is 1. The van der Waals surface area contributed by atoms with Crippen molar-refractivity contribution in [2.45, 2.75) is 29.2 Å². The van der Waals surface area contributed by atoms with E-state index in [9.17, 15) is 19.5 Å². The van der Waals surface area contributed by atoms with E-state index in [1.807, 2.05) is 91.0 Å². The van der Waals surface area contributed by atoms with Gasteiger partial charge in [0.05, 0.1) is 4.75 Å². The smallest absolute Gasteiger partial charge is 0.407 e. The first-order valence-electron chi connectivity index (χ1n) is 16.4. The summed E-state index contributed by atoms with van der Waals surface area (Å²) >= 11 is 5.22. The predicted octanol–water partition coefficient (Wildman–Crippen LogP) is 7.42. The zero-order valence-electron chi connectivity index (χ0n) is 28.0. The van der Waals surface area contributed by atoms with Gasteiger partial charge in [0.1, 0.15) is 18.2 Å². The molecule has 262 valence electrons. The number of alkyl carbamates (subject to hydrolysis) is 1. The Labute approximate surface area is 307 Å². The third kappa shape index (κ3) is 8.48. The van der Waals surface area contributed by atoms with Crippen molar-refractivity contribution in [1.82, 2.24) is 5.32 Å². The Morgan fingerprint density at radius 1 is 0.745 bits per heavy atom. The largest absolute Gasteiger partial charge is 0.480 e. The lowest BCUT2D eigenvalue weighted by Crippen LogP contribution is -2.46. The number of fused-ring (bicyclic) bond motifs is 3. The lowest BCUT2D eigenvalue weighted by molar-refractivity contribution is -0.141. The molecule has 5 aromatic rings. The Bertz CT molecular complexity index is 1800. The number of ether oxygens (including phenoxy) is 1. The first-order chi connectivity index (χ1) is 24.6. The van der Waals surface area contributed by atoms with Crippen LogP contribution in [0.15, 0.2) is 140 Å². The lowest BCUT2D eigenvalue weighted by atomic mass is 9.84. The second kappa shape index (κ2) is 16.8. The number of benzene rings is 5. The van der Waals surface area contributed by atoms with Crippen LogP contribution in [0, 0.1) is 0 Å². The van der Waals surface area contributed by atoms with Gasteiger partial charge in [-0.1, -0.05) is 140 Å². The van der Waals surface area contributed by atoms with Gasteiger partial charge in [0.15, 0.2) is 0 Å². The van der Waals surface area contributed by atoms with Gasteiger partial charge >= 0.3 is 18.0 Å². The summed E-state index contributed by atoms with van der Waals surface area (Å²) in [6, 6.07) is 45.2. The van der Waals surface area contributed by atoms with E-state index in [4.69, 9.17) is 15.6 Å². The summed E-state index contributed by atoms with van der Waals surface area (Å²) in [7, 11) is 0. The Balaban J connectivity index is 0.000000565. The minimum absolute atomic E-state index is 0.109. The third-order valence-corrected chi connectivity index (χ3v) is 11.1. The van der Waals surface area contributed by atoms with E-state index in [-0.39, 0.29) is 24.0 Å². The molecule has 0 aromatic heterocycles. The average molecular weight is 721 g/mol. The normalized spacial score (nSPS) is 13.7. The Morgan fingerprint density at radius 3 is 1.53 bits per heavy atom. The molecule has 0 spiro atoms. The number of rotatable bonds is 12. The van der Waals surface area contributed by atoms with Crippen molar-refractivity contribution in [2.24, 2.45) is 5.73 Å². The van der Waals surface area contributed by atoms with Gasteiger partial charge in [0.25, 0.3) is 0 Å². The molecule has 8 nitrogen and oxygen atoms in total. The van der Waals surface area contributed by atoms with E-state index in [0.29, 0.717) is 0 Å². The number of carboxylic acids is 2. The topological polar surface area (TPSA) is 139 Å². The minimum atomic E-state index is -1.18. The van der Waals surface area contributed by atoms with E-state index < -0.39 is 34.4 Å². The van der Waals surface area contributed by atoms with E-state index in [1.165, 1.54) is 18.7 Å². The van der Waals surface area contributed by atoms with Crippen LogP contribution in [0.1, 0.15) is 40.7 Å². The summed E-state index contributed by atoms with van der Waals surface area (Å²) in [6.07, 6.45) is -0.750. The maximum absolute atomic E-state index is 13.1. The zero-order valence-corrected chi connectivity index (χ0v) is 29.7. The van der Waals surface area contributed by atoms with Gasteiger partial charge in [0, 0.05) is 17.4 Å². The minimum Gasteiger partial charge on any atom is -0.480 e. The predicted molar refractivity (Wildman–Crippen MR) is 205 cm³/mol. The SMILES string of the molecule is C[C@@](N)(CS)C(=O)O.O=C(N[C@@H](CSC(c1ccccc1)(c1ccccc1)c1ccccc1)C(=O)O)OCC1c2ccccc2-c2ccccc21. The average Bonchev–Trinajstić information content (AvgIpc) is 3.48. The maximum atomic E-state index is 13.1. The number of amides is 1. The molecule has 0 heterocycles. The summed E-state index contributed by atoms with van der Waals surface area (Å²) in [5.41, 5.74) is 11.5. The molecule has 1 aliphatic rings. The van der Waals surface area contributed by atoms with Gasteiger partial charge in [-0.15, -0.1) is 11.8 Å². The van der Waals surface area contributed by atoms with E-state index in [2.05, 4.69) is 66.5 Å². The number of carboxylic acid groups (broad SMARTS) is 2. The van der Waals surface area contributed by atoms with Gasteiger partial charge in [0.2, 0.25) is 0 Å². The first-order valence-corrected chi connectivity index (χ1v) is 18.0. The molecule has 10 heteroatoms. The van der Waals surface area contributed by atoms with Crippen LogP contribution in [-0.2, 0) is 19.1 Å². The monoisotopic (exact) mass is 720 g/mol. The molecule has 0 unspecified atom stereocenters. The molecule has 6 rings (SSSR count). The Hall–Kier alpha value is -5.03. The molecule has 0 saturated carbocycles. The van der Waals surface area contributed by atoms with Crippen LogP contribution in [0.25, 0.3) is 11.1 Å². The van der Waals surface area contributed by atoms with Crippen molar-refractivity contribution in [2.75, 3.05) is 18.1 Å². The molecule has 1 aliphatic carbocycles. The van der Waals surface area contributed by atoms with Crippen LogP contribution in [0.5, 0.6) is 0 Å². The summed E-state index contributed by atoms with van der Waals surface area (Å²) < 4.78 is 4.98. The molecule has 0 aliphatic heterocycles. The molecule has 0 fully saturated rings. The van der Waals surface area contributed by atoms with E-state index >= 15 is 0 Å². The zero-order chi connectivity index (χ0) is 36.4. The van der Waals surface area contributed by atoms with Crippen LogP contribution in [0.4, 0.5) is 4.79 Å². The van der Waals surface area contributed by atoms with E-state index in [1.54, 1.807) is 0 Å². The third-order valence-electron chi connectivity index (χ3n) is 8.76. The van der Waals surface area contributed by atoms with Crippen LogP contribution in [0.2, 0.25) is 0 Å². The van der Waals surface area contributed by atoms with E-state index in [0.717, 1.165) is 38.9 Å². The molecule has 2 atom stereocenters. The number of hydrogen-bond donors (Lipinski definition) is 5. The van der Waals surface area contributed by atoms with Gasteiger partial charge in [-0.05, 0) is 45.9 Å². The molecular formula is C41H40N2O6S2. The summed E-state index contributed by atoms with van der Waals surface area (Å²) in [5, 5.41) is 21.1. The molecule has 1 amide bonds. The van der Waals surface area contributed by atoms with Crippen molar-refractivity contribution < 1.29 is 29.3 Å². The molecule has 51 heavy (non-hydrogen) atoms. The number of nitrogens with two attached hydrogens (primary N) is 1. The number of carbonyl (C=O) groups is 3. The summed E-state index contributed by atoms with van der Waals surface area (Å²) in [6.45, 7) is 1.53. The van der Waals surface area contributed by atoms with Crippen LogP contribution in [0.3, 0.4) is 0 Å². The van der Waals surface area contributed by atoms with Crippen molar-refractivity contribution in [3.05, 3.63) is 167 Å². The van der Waals surface area contributed by atoms with Crippen LogP contribution >= 0.6 is 24.4 Å². The number of hydrogen-bond acceptors (Lipinski definition) is 7. The maximum Gasteiger partial charge on any atom is 0.407 e. The second-order valence-corrected chi connectivity index (χ2v) is 13.9. The number of thioether (sulfide) groups is 1. The molecule has 0 bridgehead atoms. The lowest BCUT2D eigenvalue weighted by Gasteiger charge is -2.36. The van der Waals surface area contributed by atoms with Gasteiger partial charge in [-0.3, -0.25) is 4.79 Å². The molecular weight excluding hydrogens is 681 g/mol. The number of carbonyl (C=O) groups excluding carboxylic acids is 1. The fourth-order valence-electron chi connectivity index (χ4n) is 6.00. The highest BCUT2D eigenvalue weighted by atomic mass is 32.2. The fourth-order valence-corrected chi connectivity index (χ4v) is 7.69. The Morgan fingerprint density at radius 2 is 1.16 bits per heavy atom. The molecule has 0 saturated heterocycles. The molecule has 0 radical (unpaired) electrons. The summed E-state index contributed by atoms with van der Waals surface area (Å²) in [5.74, 6) is -1.99. The highest BCUT2D eigenvalue weighted by molar-refractivity contribution is 8.00. The van der Waals surface area contributed by atoms with Crippen molar-refractivity contribution in [3.8, 4) is 11.1 Å². The standard InChI is InChI=1S/C37H31NO4S.C4H9NO2S/c39-35(40)34(38-36(41)42-24-33-31-22-12-10-20-29(31)30-21-11-13-23-32(30)33)25-43-37(26-14-4-1-5-15-26,27-16-6-2-7-17-27)28-18-8-3-9-19-28;1-4(5,2-8)3(6)7/h1-23,33-34H,24-25H2,(H,38,41)(H,39,40);8H,2,5H2,1H3,(H,6,7)/t34-;4-/m01/s1. The summed E-state index contributed by atoms with van der Waals surface area (Å²) in [4.78, 5) is 35.6. The highest BCUT2D eigenvalue weighted by Crippen LogP contribution is 2.49. The van der Waals surface area contributed by atoms with Gasteiger partial charge in [-0.25, -0.2) is 9.59 Å². The molecule has 5 N–H and O–H groups in total. The van der Waals surface area contributed by atoms with Crippen molar-refractivity contribution in [1.29, 1.82) is 0 Å². The first kappa shape index (κ1) is 37.2. The van der Waals surface area contributed by atoms with Gasteiger partial charge < -0.3 is 26.0 Å². The number of aliphatic carboxylic acids is 2. The van der Waals surface area contributed by atoms with Crippen LogP contribution < -0.4 is 11.1 Å². The van der Waals surface area contributed by atoms with Crippen LogP contribution in [-0.4, -0.2) is 57.9 Å². The van der Waals surface area contributed by atoms with Gasteiger partial charge in [-0.2, -0.15) is 12.6 Å².